The molecule has 0 saturated carbocycles. The molecule has 3 rings (SSSR count). The summed E-state index contributed by atoms with van der Waals surface area (Å²) in [7, 11) is -3.45. The highest BCUT2D eigenvalue weighted by molar-refractivity contribution is 7.93. The second-order valence-electron chi connectivity index (χ2n) is 7.80. The Morgan fingerprint density at radius 3 is 2.55 bits per heavy atom. The fourth-order valence-corrected chi connectivity index (χ4v) is 3.64. The first-order valence-electron chi connectivity index (χ1n) is 10.0. The van der Waals surface area contributed by atoms with Gasteiger partial charge in [-0.05, 0) is 64.4 Å². The molecule has 0 unspecified atom stereocenters. The van der Waals surface area contributed by atoms with E-state index in [0.717, 1.165) is 11.1 Å². The molecule has 8 heteroatoms. The summed E-state index contributed by atoms with van der Waals surface area (Å²) in [4.78, 5) is 17.1. The standard InChI is InChI=1S/C23H27N3O4S/c1-14(2)31(28,29)26-19-8-6-7-18(12-19)23-25-21(17(5)30-23)13-24-22(27)20-11-15(3)9-10-16(20)4/h6-12,14,26H,13H2,1-5H3,(H,24,27). The number of benzene rings is 2. The van der Waals surface area contributed by atoms with E-state index in [-0.39, 0.29) is 12.5 Å². The Hall–Kier alpha value is -3.13. The monoisotopic (exact) mass is 441 g/mol. The summed E-state index contributed by atoms with van der Waals surface area (Å²) < 4.78 is 32.6. The number of aryl methyl sites for hydroxylation is 3. The van der Waals surface area contributed by atoms with Crippen molar-refractivity contribution in [2.45, 2.75) is 46.4 Å². The van der Waals surface area contributed by atoms with Crippen molar-refractivity contribution in [3.63, 3.8) is 0 Å². The summed E-state index contributed by atoms with van der Waals surface area (Å²) in [5.41, 5.74) is 4.24. The Morgan fingerprint density at radius 2 is 1.84 bits per heavy atom. The quantitative estimate of drug-likeness (QED) is 0.568. The topological polar surface area (TPSA) is 101 Å². The normalized spacial score (nSPS) is 11.5. The highest BCUT2D eigenvalue weighted by Gasteiger charge is 2.17. The summed E-state index contributed by atoms with van der Waals surface area (Å²) >= 11 is 0. The van der Waals surface area contributed by atoms with Crippen molar-refractivity contribution in [2.24, 2.45) is 0 Å². The Labute approximate surface area is 183 Å². The van der Waals surface area contributed by atoms with E-state index < -0.39 is 15.3 Å². The lowest BCUT2D eigenvalue weighted by molar-refractivity contribution is 0.0949. The second-order valence-corrected chi connectivity index (χ2v) is 10.0. The van der Waals surface area contributed by atoms with Crippen molar-refractivity contribution in [3.8, 4) is 11.5 Å². The highest BCUT2D eigenvalue weighted by Crippen LogP contribution is 2.25. The number of carbonyl (C=O) groups is 1. The number of hydrogen-bond donors (Lipinski definition) is 2. The van der Waals surface area contributed by atoms with Crippen LogP contribution in [0.3, 0.4) is 0 Å². The lowest BCUT2D eigenvalue weighted by atomic mass is 10.1. The zero-order chi connectivity index (χ0) is 22.8. The maximum atomic E-state index is 12.6. The Kier molecular flexibility index (Phi) is 6.50. The van der Waals surface area contributed by atoms with Crippen molar-refractivity contribution in [1.29, 1.82) is 0 Å². The first kappa shape index (κ1) is 22.6. The third-order valence-corrected chi connectivity index (χ3v) is 6.70. The number of sulfonamides is 1. The van der Waals surface area contributed by atoms with Crippen LogP contribution in [0.5, 0.6) is 0 Å². The molecule has 1 heterocycles. The molecule has 2 aromatic carbocycles. The van der Waals surface area contributed by atoms with E-state index >= 15 is 0 Å². The zero-order valence-corrected chi connectivity index (χ0v) is 19.1. The molecule has 7 nitrogen and oxygen atoms in total. The average molecular weight is 442 g/mol. The number of nitrogens with zero attached hydrogens (tertiary/aromatic N) is 1. The number of carbonyl (C=O) groups excluding carboxylic acids is 1. The first-order chi connectivity index (χ1) is 14.6. The zero-order valence-electron chi connectivity index (χ0n) is 18.3. The molecular weight excluding hydrogens is 414 g/mol. The smallest absolute Gasteiger partial charge is 0.251 e. The lowest BCUT2D eigenvalue weighted by Crippen LogP contribution is -2.24. The molecule has 2 N–H and O–H groups in total. The molecule has 0 atom stereocenters. The predicted molar refractivity (Wildman–Crippen MR) is 121 cm³/mol. The lowest BCUT2D eigenvalue weighted by Gasteiger charge is -2.11. The van der Waals surface area contributed by atoms with Crippen molar-refractivity contribution < 1.29 is 17.6 Å². The van der Waals surface area contributed by atoms with Crippen molar-refractivity contribution in [2.75, 3.05) is 4.72 Å². The number of nitrogens with one attached hydrogen (secondary N) is 2. The Bertz CT molecular complexity index is 1210. The van der Waals surface area contributed by atoms with Gasteiger partial charge in [0.15, 0.2) is 0 Å². The van der Waals surface area contributed by atoms with E-state index in [1.54, 1.807) is 45.0 Å². The van der Waals surface area contributed by atoms with E-state index in [9.17, 15) is 13.2 Å². The molecule has 1 aromatic heterocycles. The van der Waals surface area contributed by atoms with Gasteiger partial charge in [0.25, 0.3) is 5.91 Å². The van der Waals surface area contributed by atoms with Crippen LogP contribution in [0.4, 0.5) is 5.69 Å². The summed E-state index contributed by atoms with van der Waals surface area (Å²) in [5.74, 6) is 0.777. The van der Waals surface area contributed by atoms with Gasteiger partial charge in [0.2, 0.25) is 15.9 Å². The van der Waals surface area contributed by atoms with E-state index in [2.05, 4.69) is 15.0 Å². The molecule has 0 aliphatic carbocycles. The van der Waals surface area contributed by atoms with Crippen LogP contribution in [0.2, 0.25) is 0 Å². The van der Waals surface area contributed by atoms with E-state index in [1.165, 1.54) is 0 Å². The van der Waals surface area contributed by atoms with Gasteiger partial charge in [0.1, 0.15) is 11.5 Å². The number of anilines is 1. The van der Waals surface area contributed by atoms with Gasteiger partial charge in [-0.1, -0.05) is 23.8 Å². The van der Waals surface area contributed by atoms with Crippen LogP contribution >= 0.6 is 0 Å². The summed E-state index contributed by atoms with van der Waals surface area (Å²) in [6.45, 7) is 9.07. The van der Waals surface area contributed by atoms with Crippen molar-refractivity contribution in [3.05, 3.63) is 70.6 Å². The minimum Gasteiger partial charge on any atom is -0.441 e. The molecule has 31 heavy (non-hydrogen) atoms. The summed E-state index contributed by atoms with van der Waals surface area (Å²) in [6.07, 6.45) is 0. The van der Waals surface area contributed by atoms with Crippen LogP contribution in [-0.4, -0.2) is 24.6 Å². The number of oxazole rings is 1. The molecular formula is C23H27N3O4S. The van der Waals surface area contributed by atoms with E-state index in [1.807, 2.05) is 32.0 Å². The van der Waals surface area contributed by atoms with Crippen molar-refractivity contribution >= 4 is 21.6 Å². The molecule has 1 amide bonds. The van der Waals surface area contributed by atoms with Crippen LogP contribution in [0.1, 0.15) is 46.8 Å². The van der Waals surface area contributed by atoms with E-state index in [4.69, 9.17) is 4.42 Å². The van der Waals surface area contributed by atoms with E-state index in [0.29, 0.717) is 34.2 Å². The number of hydrogen-bond acceptors (Lipinski definition) is 5. The highest BCUT2D eigenvalue weighted by atomic mass is 32.2. The van der Waals surface area contributed by atoms with Gasteiger partial charge in [-0.25, -0.2) is 13.4 Å². The van der Waals surface area contributed by atoms with Crippen LogP contribution in [0.25, 0.3) is 11.5 Å². The van der Waals surface area contributed by atoms with Gasteiger partial charge in [-0.2, -0.15) is 0 Å². The average Bonchev–Trinajstić information content (AvgIpc) is 3.08. The molecule has 3 aromatic rings. The molecule has 0 fully saturated rings. The third-order valence-electron chi connectivity index (χ3n) is 4.94. The molecule has 0 radical (unpaired) electrons. The van der Waals surface area contributed by atoms with Gasteiger partial charge >= 0.3 is 0 Å². The first-order valence-corrected chi connectivity index (χ1v) is 11.6. The maximum absolute atomic E-state index is 12.6. The van der Waals surface area contributed by atoms with Crippen LogP contribution in [0.15, 0.2) is 46.9 Å². The van der Waals surface area contributed by atoms with Gasteiger partial charge in [0.05, 0.1) is 11.8 Å². The molecule has 0 spiro atoms. The fourth-order valence-electron chi connectivity index (χ4n) is 2.95. The van der Waals surface area contributed by atoms with Crippen LogP contribution < -0.4 is 10.0 Å². The van der Waals surface area contributed by atoms with Gasteiger partial charge < -0.3 is 9.73 Å². The third kappa shape index (κ3) is 5.32. The number of rotatable bonds is 7. The van der Waals surface area contributed by atoms with Gasteiger partial charge in [0, 0.05) is 16.8 Å². The molecule has 0 aliphatic rings. The summed E-state index contributed by atoms with van der Waals surface area (Å²) in [5, 5.41) is 2.34. The van der Waals surface area contributed by atoms with Crippen molar-refractivity contribution in [1.82, 2.24) is 10.3 Å². The molecule has 164 valence electrons. The predicted octanol–water partition coefficient (Wildman–Crippen LogP) is 4.35. The minimum absolute atomic E-state index is 0.171. The Balaban J connectivity index is 1.76. The van der Waals surface area contributed by atoms with Gasteiger partial charge in [-0.3, -0.25) is 9.52 Å². The van der Waals surface area contributed by atoms with Gasteiger partial charge in [-0.15, -0.1) is 0 Å². The number of aromatic nitrogens is 1. The largest absolute Gasteiger partial charge is 0.441 e. The second kappa shape index (κ2) is 8.93. The SMILES string of the molecule is Cc1ccc(C)c(C(=O)NCc2nc(-c3cccc(NS(=O)(=O)C(C)C)c3)oc2C)c1. The molecule has 0 saturated heterocycles. The molecule has 0 bridgehead atoms. The Morgan fingerprint density at radius 1 is 1.10 bits per heavy atom. The summed E-state index contributed by atoms with van der Waals surface area (Å²) in [6, 6.07) is 12.6. The minimum atomic E-state index is -3.45. The van der Waals surface area contributed by atoms with Crippen LogP contribution in [0, 0.1) is 20.8 Å². The number of amides is 1. The fraction of sp³-hybridized carbons (Fsp3) is 0.304. The molecule has 0 aliphatic heterocycles. The maximum Gasteiger partial charge on any atom is 0.251 e. The van der Waals surface area contributed by atoms with Crippen LogP contribution in [-0.2, 0) is 16.6 Å².